The molecule has 0 unspecified atom stereocenters. The van der Waals surface area contributed by atoms with Gasteiger partial charge in [-0.2, -0.15) is 5.10 Å². The monoisotopic (exact) mass is 435 g/mol. The van der Waals surface area contributed by atoms with Crippen molar-refractivity contribution in [3.8, 4) is 5.75 Å². The normalized spacial score (nSPS) is 17.4. The summed E-state index contributed by atoms with van der Waals surface area (Å²) in [6.07, 6.45) is 1.32. The van der Waals surface area contributed by atoms with Crippen LogP contribution in [0.15, 0.2) is 33.9 Å². The Morgan fingerprint density at radius 1 is 1.14 bits per heavy atom. The number of amides is 1. The van der Waals surface area contributed by atoms with E-state index in [0.29, 0.717) is 17.7 Å². The maximum atomic E-state index is 12.3. The van der Waals surface area contributed by atoms with Gasteiger partial charge in [0, 0.05) is 23.8 Å². The third-order valence-electron chi connectivity index (χ3n) is 4.46. The Hall–Kier alpha value is -2.51. The minimum atomic E-state index is -0.403. The van der Waals surface area contributed by atoms with Gasteiger partial charge in [0.25, 0.3) is 5.91 Å². The van der Waals surface area contributed by atoms with E-state index in [2.05, 4.69) is 10.1 Å². The molecular weight excluding hydrogens is 417 g/mol. The summed E-state index contributed by atoms with van der Waals surface area (Å²) >= 11 is 12.7. The first-order chi connectivity index (χ1) is 13.7. The van der Waals surface area contributed by atoms with E-state index >= 15 is 0 Å². The van der Waals surface area contributed by atoms with Gasteiger partial charge >= 0.3 is 0 Å². The van der Waals surface area contributed by atoms with Gasteiger partial charge in [-0.3, -0.25) is 14.4 Å². The summed E-state index contributed by atoms with van der Waals surface area (Å²) in [7, 11) is 0. The predicted octanol–water partition coefficient (Wildman–Crippen LogP) is 3.46. The van der Waals surface area contributed by atoms with Gasteiger partial charge in [-0.1, -0.05) is 37.0 Å². The molecule has 2 heterocycles. The molecule has 0 fully saturated rings. The van der Waals surface area contributed by atoms with Crippen LogP contribution in [0.1, 0.15) is 32.8 Å². The first-order valence-electron chi connectivity index (χ1n) is 9.10. The summed E-state index contributed by atoms with van der Waals surface area (Å²) in [6, 6.07) is 3.01. The van der Waals surface area contributed by atoms with Crippen LogP contribution in [0, 0.1) is 5.92 Å². The second kappa shape index (κ2) is 8.47. The van der Waals surface area contributed by atoms with E-state index in [1.165, 1.54) is 17.1 Å². The molecule has 0 N–H and O–H groups in total. The molecule has 7 nitrogen and oxygen atoms in total. The number of carbonyl (C=O) groups is 3. The lowest BCUT2D eigenvalue weighted by atomic mass is 9.97. The Kier molecular flexibility index (Phi) is 6.19. The molecule has 1 aromatic carbocycles. The van der Waals surface area contributed by atoms with Gasteiger partial charge < -0.3 is 4.74 Å². The van der Waals surface area contributed by atoms with E-state index in [0.717, 1.165) is 0 Å². The second-order valence-corrected chi connectivity index (χ2v) is 7.68. The topological polar surface area (TPSA) is 88.4 Å². The van der Waals surface area contributed by atoms with Crippen molar-refractivity contribution in [3.63, 3.8) is 0 Å². The zero-order chi connectivity index (χ0) is 21.3. The van der Waals surface area contributed by atoms with Gasteiger partial charge in [-0.15, -0.1) is 0 Å². The fraction of sp³-hybridized carbons (Fsp3) is 0.350. The molecule has 0 saturated heterocycles. The molecule has 0 saturated carbocycles. The molecule has 0 atom stereocenters. The van der Waals surface area contributed by atoms with Gasteiger partial charge in [-0.05, 0) is 25.0 Å². The van der Waals surface area contributed by atoms with E-state index in [9.17, 15) is 14.4 Å². The van der Waals surface area contributed by atoms with E-state index in [-0.39, 0.29) is 58.0 Å². The van der Waals surface area contributed by atoms with Crippen molar-refractivity contribution in [2.45, 2.75) is 27.2 Å². The maximum Gasteiger partial charge on any atom is 0.250 e. The lowest BCUT2D eigenvalue weighted by Crippen LogP contribution is -2.37. The largest absolute Gasteiger partial charge is 0.436 e. The van der Waals surface area contributed by atoms with Crippen LogP contribution < -0.4 is 4.74 Å². The second-order valence-electron chi connectivity index (χ2n) is 6.86. The number of benzene rings is 1. The van der Waals surface area contributed by atoms with Gasteiger partial charge in [0.05, 0.1) is 16.5 Å². The van der Waals surface area contributed by atoms with Crippen LogP contribution >= 0.6 is 23.2 Å². The molecule has 1 amide bonds. The third kappa shape index (κ3) is 4.41. The van der Waals surface area contributed by atoms with E-state index in [1.807, 2.05) is 13.8 Å². The van der Waals surface area contributed by atoms with Crippen molar-refractivity contribution >= 4 is 52.3 Å². The number of rotatable bonds is 4. The number of hydrazone groups is 1. The molecular formula is C20H19Cl2N3O4. The average Bonchev–Trinajstić information content (AvgIpc) is 2.65. The highest BCUT2D eigenvalue weighted by Crippen LogP contribution is 2.35. The van der Waals surface area contributed by atoms with Crippen LogP contribution in [-0.2, 0) is 14.4 Å². The minimum Gasteiger partial charge on any atom is -0.436 e. The predicted molar refractivity (Wildman–Crippen MR) is 111 cm³/mol. The Bertz CT molecular complexity index is 972. The van der Waals surface area contributed by atoms with Crippen molar-refractivity contribution in [3.05, 3.63) is 39.4 Å². The van der Waals surface area contributed by atoms with Crippen molar-refractivity contribution in [2.24, 2.45) is 16.0 Å². The number of ether oxygens (including phenoxy) is 1. The number of hydrogen-bond acceptors (Lipinski definition) is 6. The van der Waals surface area contributed by atoms with E-state index in [4.69, 9.17) is 27.9 Å². The number of Topliss-reactive ketones (excluding diaryl/α,β-unsaturated/α-hetero) is 2. The molecule has 0 spiro atoms. The zero-order valence-electron chi connectivity index (χ0n) is 16.2. The number of hydrogen-bond donors (Lipinski definition) is 0. The summed E-state index contributed by atoms with van der Waals surface area (Å²) in [4.78, 5) is 40.1. The molecule has 9 heteroatoms. The number of aliphatic imine (C=N–C) groups is 1. The third-order valence-corrected chi connectivity index (χ3v) is 5.03. The first kappa shape index (κ1) is 21.2. The number of nitrogens with zero attached hydrogens (tertiary/aromatic N) is 3. The molecule has 0 radical (unpaired) electrons. The molecule has 29 heavy (non-hydrogen) atoms. The standard InChI is InChI=1S/C20H19Cl2N3O4/c1-4-25-18(28)8-15(26)19(24-25)11-5-13(21)20(14(22)6-11)29-17-7-12(10(2)3)16(27)9-23-17/h5-7,10H,4,8-9H2,1-3H3. The van der Waals surface area contributed by atoms with E-state index in [1.54, 1.807) is 13.0 Å². The summed E-state index contributed by atoms with van der Waals surface area (Å²) in [6.45, 7) is 5.93. The molecule has 3 rings (SSSR count). The smallest absolute Gasteiger partial charge is 0.250 e. The minimum absolute atomic E-state index is 0.00113. The summed E-state index contributed by atoms with van der Waals surface area (Å²) < 4.78 is 5.74. The molecule has 0 aromatic heterocycles. The molecule has 0 aliphatic carbocycles. The van der Waals surface area contributed by atoms with E-state index < -0.39 is 5.78 Å². The first-order valence-corrected chi connectivity index (χ1v) is 9.85. The SMILES string of the molecule is CCN1N=C(c2cc(Cl)c(OC3=NCC(=O)C(C(C)C)=C3)c(Cl)c2)C(=O)CC1=O. The van der Waals surface area contributed by atoms with Gasteiger partial charge in [0.15, 0.2) is 17.3 Å². The highest BCUT2D eigenvalue weighted by Gasteiger charge is 2.29. The van der Waals surface area contributed by atoms with Crippen LogP contribution in [0.5, 0.6) is 5.75 Å². The van der Waals surface area contributed by atoms with Crippen molar-refractivity contribution in [1.29, 1.82) is 0 Å². The lowest BCUT2D eigenvalue weighted by Gasteiger charge is -2.22. The zero-order valence-corrected chi connectivity index (χ0v) is 17.7. The number of ketones is 2. The maximum absolute atomic E-state index is 12.3. The highest BCUT2D eigenvalue weighted by molar-refractivity contribution is 6.50. The molecule has 2 aliphatic heterocycles. The fourth-order valence-electron chi connectivity index (χ4n) is 2.96. The number of halogens is 2. The molecule has 1 aromatic rings. The van der Waals surface area contributed by atoms with Crippen LogP contribution in [0.25, 0.3) is 0 Å². The summed E-state index contributed by atoms with van der Waals surface area (Å²) in [5, 5.41) is 5.66. The van der Waals surface area contributed by atoms with Gasteiger partial charge in [0.2, 0.25) is 5.90 Å². The Morgan fingerprint density at radius 2 is 1.79 bits per heavy atom. The number of dihydropyridines is 1. The molecule has 2 aliphatic rings. The quantitative estimate of drug-likeness (QED) is 0.677. The van der Waals surface area contributed by atoms with Crippen molar-refractivity contribution < 1.29 is 19.1 Å². The molecule has 0 bridgehead atoms. The van der Waals surface area contributed by atoms with Crippen LogP contribution in [0.3, 0.4) is 0 Å². The Morgan fingerprint density at radius 3 is 2.38 bits per heavy atom. The van der Waals surface area contributed by atoms with Crippen molar-refractivity contribution in [2.75, 3.05) is 13.1 Å². The number of carbonyl (C=O) groups excluding carboxylic acids is 3. The van der Waals surface area contributed by atoms with Crippen molar-refractivity contribution in [1.82, 2.24) is 5.01 Å². The van der Waals surface area contributed by atoms with Crippen LogP contribution in [0.2, 0.25) is 10.0 Å². The average molecular weight is 436 g/mol. The van der Waals surface area contributed by atoms with Gasteiger partial charge in [-0.25, -0.2) is 10.0 Å². The van der Waals surface area contributed by atoms with Crippen LogP contribution in [0.4, 0.5) is 0 Å². The lowest BCUT2D eigenvalue weighted by molar-refractivity contribution is -0.135. The summed E-state index contributed by atoms with van der Waals surface area (Å²) in [5.41, 5.74) is 1.12. The van der Waals surface area contributed by atoms with Crippen LogP contribution in [-0.4, -0.2) is 47.2 Å². The molecule has 152 valence electrons. The summed E-state index contributed by atoms with van der Waals surface area (Å²) in [5.74, 6) is -0.375. The fourth-order valence-corrected chi connectivity index (χ4v) is 3.52. The Balaban J connectivity index is 1.92. The van der Waals surface area contributed by atoms with Gasteiger partial charge in [0.1, 0.15) is 12.3 Å². The Labute approximate surface area is 178 Å². The highest BCUT2D eigenvalue weighted by atomic mass is 35.5.